The number of fused-ring (bicyclic) bond motifs is 2. The first-order valence-corrected chi connectivity index (χ1v) is 7.85. The third-order valence-electron chi connectivity index (χ3n) is 4.59. The predicted octanol–water partition coefficient (Wildman–Crippen LogP) is 2.18. The first-order chi connectivity index (χ1) is 11.8. The molecule has 0 aliphatic carbocycles. The van der Waals surface area contributed by atoms with Crippen molar-refractivity contribution in [3.8, 4) is 17.1 Å². The van der Waals surface area contributed by atoms with Gasteiger partial charge in [0, 0.05) is 30.2 Å². The fraction of sp³-hybridized carbons (Fsp3) is 0.105. The molecular weight excluding hydrogens is 304 g/mol. The third-order valence-corrected chi connectivity index (χ3v) is 4.59. The minimum atomic E-state index is -0.0848. The van der Waals surface area contributed by atoms with Crippen LogP contribution < -0.4 is 16.2 Å². The van der Waals surface area contributed by atoms with Crippen LogP contribution >= 0.6 is 0 Å². The smallest absolute Gasteiger partial charge is 0.262 e. The molecular formula is C19H14N2O3. The summed E-state index contributed by atoms with van der Waals surface area (Å²) in [6.45, 7) is 1.24. The number of hydrogen-bond donors (Lipinski definition) is 2. The molecule has 1 aliphatic rings. The zero-order chi connectivity index (χ0) is 16.3. The van der Waals surface area contributed by atoms with E-state index in [9.17, 15) is 9.90 Å². The number of pyridine rings is 1. The molecule has 2 aromatic heterocycles. The number of benzene rings is 2. The summed E-state index contributed by atoms with van der Waals surface area (Å²) in [5, 5.41) is 16.1. The Kier molecular flexibility index (Phi) is 2.56. The van der Waals surface area contributed by atoms with Gasteiger partial charge >= 0.3 is 0 Å². The molecule has 0 radical (unpaired) electrons. The SMILES string of the molecule is O=c1c2c(-c3ccccc3)oc3ccc(O)c(c4n1CCNC=4)c32. The maximum Gasteiger partial charge on any atom is 0.262 e. The Morgan fingerprint density at radius 1 is 1.04 bits per heavy atom. The molecule has 0 saturated heterocycles. The molecule has 2 aromatic carbocycles. The summed E-state index contributed by atoms with van der Waals surface area (Å²) < 4.78 is 7.73. The summed E-state index contributed by atoms with van der Waals surface area (Å²) in [5.41, 5.74) is 1.37. The molecule has 118 valence electrons. The summed E-state index contributed by atoms with van der Waals surface area (Å²) >= 11 is 0. The van der Waals surface area contributed by atoms with Crippen molar-refractivity contribution >= 4 is 27.9 Å². The normalized spacial score (nSPS) is 13.7. The van der Waals surface area contributed by atoms with Gasteiger partial charge in [0.1, 0.15) is 17.1 Å². The number of aromatic hydroxyl groups is 1. The van der Waals surface area contributed by atoms with E-state index in [1.54, 1.807) is 22.9 Å². The second kappa shape index (κ2) is 4.64. The molecule has 0 fully saturated rings. The Hall–Kier alpha value is -3.21. The molecule has 0 amide bonds. The summed E-state index contributed by atoms with van der Waals surface area (Å²) in [6, 6.07) is 12.9. The maximum atomic E-state index is 13.1. The number of nitrogens with zero attached hydrogens (tertiary/aromatic N) is 1. The van der Waals surface area contributed by atoms with Gasteiger partial charge in [-0.3, -0.25) is 4.79 Å². The van der Waals surface area contributed by atoms with Crippen LogP contribution in [0.3, 0.4) is 0 Å². The lowest BCUT2D eigenvalue weighted by atomic mass is 10.0. The van der Waals surface area contributed by atoms with Crippen LogP contribution in [0.2, 0.25) is 0 Å². The van der Waals surface area contributed by atoms with Crippen LogP contribution in [-0.4, -0.2) is 16.2 Å². The van der Waals surface area contributed by atoms with Crippen LogP contribution in [0, 0.1) is 0 Å². The van der Waals surface area contributed by atoms with E-state index >= 15 is 0 Å². The lowest BCUT2D eigenvalue weighted by Crippen LogP contribution is -2.41. The van der Waals surface area contributed by atoms with Crippen LogP contribution in [0.25, 0.3) is 39.3 Å². The predicted molar refractivity (Wildman–Crippen MR) is 92.8 cm³/mol. The number of nitrogens with one attached hydrogen (secondary N) is 1. The van der Waals surface area contributed by atoms with E-state index in [1.165, 1.54) is 0 Å². The minimum absolute atomic E-state index is 0.0848. The Labute approximate surface area is 136 Å². The Balaban J connectivity index is 2.08. The topological polar surface area (TPSA) is 67.4 Å². The zero-order valence-electron chi connectivity index (χ0n) is 12.7. The van der Waals surface area contributed by atoms with Gasteiger partial charge in [-0.15, -0.1) is 0 Å². The Morgan fingerprint density at radius 2 is 1.88 bits per heavy atom. The monoisotopic (exact) mass is 318 g/mol. The highest BCUT2D eigenvalue weighted by Gasteiger charge is 2.23. The van der Waals surface area contributed by atoms with E-state index in [0.29, 0.717) is 45.9 Å². The number of phenolic OH excluding ortho intramolecular Hbond substituents is 1. The van der Waals surface area contributed by atoms with Crippen LogP contribution in [0.15, 0.2) is 51.7 Å². The van der Waals surface area contributed by atoms with Crippen molar-refractivity contribution in [3.63, 3.8) is 0 Å². The summed E-state index contributed by atoms with van der Waals surface area (Å²) in [4.78, 5) is 13.1. The van der Waals surface area contributed by atoms with E-state index in [1.807, 2.05) is 30.3 Å². The van der Waals surface area contributed by atoms with Gasteiger partial charge < -0.3 is 19.4 Å². The largest absolute Gasteiger partial charge is 0.507 e. The molecule has 4 aromatic rings. The second-order valence-corrected chi connectivity index (χ2v) is 5.95. The fourth-order valence-corrected chi connectivity index (χ4v) is 3.53. The van der Waals surface area contributed by atoms with Crippen molar-refractivity contribution in [2.24, 2.45) is 0 Å². The fourth-order valence-electron chi connectivity index (χ4n) is 3.53. The van der Waals surface area contributed by atoms with Gasteiger partial charge in [-0.2, -0.15) is 0 Å². The van der Waals surface area contributed by atoms with Crippen LogP contribution in [0.5, 0.6) is 5.75 Å². The van der Waals surface area contributed by atoms with E-state index in [0.717, 1.165) is 5.56 Å². The average Bonchev–Trinajstić information content (AvgIpc) is 3.01. The molecule has 0 atom stereocenters. The van der Waals surface area contributed by atoms with Gasteiger partial charge in [0.05, 0.1) is 16.1 Å². The Morgan fingerprint density at radius 3 is 2.71 bits per heavy atom. The minimum Gasteiger partial charge on any atom is -0.507 e. The molecule has 5 nitrogen and oxygen atoms in total. The number of phenols is 1. The van der Waals surface area contributed by atoms with Crippen molar-refractivity contribution in [1.82, 2.24) is 9.88 Å². The van der Waals surface area contributed by atoms with Gasteiger partial charge in [0.25, 0.3) is 5.56 Å². The van der Waals surface area contributed by atoms with Crippen molar-refractivity contribution in [2.75, 3.05) is 6.54 Å². The molecule has 2 N–H and O–H groups in total. The van der Waals surface area contributed by atoms with E-state index in [2.05, 4.69) is 5.32 Å². The highest BCUT2D eigenvalue weighted by Crippen LogP contribution is 2.37. The number of hydrogen-bond acceptors (Lipinski definition) is 4. The van der Waals surface area contributed by atoms with Crippen molar-refractivity contribution in [1.29, 1.82) is 0 Å². The lowest BCUT2D eigenvalue weighted by molar-refractivity contribution is 0.480. The molecule has 0 unspecified atom stereocenters. The van der Waals surface area contributed by atoms with E-state index < -0.39 is 0 Å². The molecule has 0 bridgehead atoms. The van der Waals surface area contributed by atoms with Crippen LogP contribution in [0.1, 0.15) is 0 Å². The molecule has 0 spiro atoms. The molecule has 5 rings (SSSR count). The second-order valence-electron chi connectivity index (χ2n) is 5.95. The van der Waals surface area contributed by atoms with Crippen molar-refractivity contribution < 1.29 is 9.52 Å². The summed E-state index contributed by atoms with van der Waals surface area (Å²) in [7, 11) is 0. The first kappa shape index (κ1) is 13.2. The van der Waals surface area contributed by atoms with Gasteiger partial charge in [-0.1, -0.05) is 30.3 Å². The molecule has 24 heavy (non-hydrogen) atoms. The van der Waals surface area contributed by atoms with E-state index in [-0.39, 0.29) is 11.3 Å². The number of rotatable bonds is 1. The highest BCUT2D eigenvalue weighted by molar-refractivity contribution is 6.14. The van der Waals surface area contributed by atoms with Crippen LogP contribution in [-0.2, 0) is 6.54 Å². The van der Waals surface area contributed by atoms with Crippen molar-refractivity contribution in [3.05, 3.63) is 58.2 Å². The van der Waals surface area contributed by atoms with Gasteiger partial charge in [0.15, 0.2) is 0 Å². The molecule has 5 heteroatoms. The standard InChI is InChI=1S/C19H14N2O3/c22-13-6-7-14-16-15(13)12-10-20-8-9-21(12)19(23)17(16)18(24-14)11-4-2-1-3-5-11/h1-7,10,20,22H,8-9H2. The first-order valence-electron chi connectivity index (χ1n) is 7.85. The van der Waals surface area contributed by atoms with Crippen molar-refractivity contribution in [2.45, 2.75) is 6.54 Å². The molecule has 3 heterocycles. The number of furan rings is 1. The zero-order valence-corrected chi connectivity index (χ0v) is 12.7. The van der Waals surface area contributed by atoms with Gasteiger partial charge in [-0.05, 0) is 12.1 Å². The molecule has 1 aliphatic heterocycles. The van der Waals surface area contributed by atoms with Gasteiger partial charge in [0.2, 0.25) is 0 Å². The summed E-state index contributed by atoms with van der Waals surface area (Å²) in [5.74, 6) is 0.705. The number of aromatic nitrogens is 1. The lowest BCUT2D eigenvalue weighted by Gasteiger charge is -2.15. The average molecular weight is 318 g/mol. The van der Waals surface area contributed by atoms with E-state index in [4.69, 9.17) is 4.42 Å². The Bertz CT molecular complexity index is 1200. The van der Waals surface area contributed by atoms with Crippen LogP contribution in [0.4, 0.5) is 0 Å². The van der Waals surface area contributed by atoms with Gasteiger partial charge in [-0.25, -0.2) is 0 Å². The maximum absolute atomic E-state index is 13.1. The highest BCUT2D eigenvalue weighted by atomic mass is 16.3. The summed E-state index contributed by atoms with van der Waals surface area (Å²) in [6.07, 6.45) is 1.79. The third kappa shape index (κ3) is 1.61. The molecule has 0 saturated carbocycles. The quantitative estimate of drug-likeness (QED) is 0.564.